The fourth-order valence-corrected chi connectivity index (χ4v) is 2.63. The molecule has 2 N–H and O–H groups in total. The number of aliphatic imine (C=N–C) groups is 1. The van der Waals surface area contributed by atoms with Crippen LogP contribution in [0.4, 0.5) is 18.9 Å². The fourth-order valence-electron chi connectivity index (χ4n) is 2.63. The van der Waals surface area contributed by atoms with Gasteiger partial charge in [-0.15, -0.1) is 24.0 Å². The van der Waals surface area contributed by atoms with Gasteiger partial charge in [0.1, 0.15) is 6.61 Å². The van der Waals surface area contributed by atoms with E-state index in [0.717, 1.165) is 11.3 Å². The third-order valence-corrected chi connectivity index (χ3v) is 3.94. The smallest absolute Gasteiger partial charge is 0.411 e. The standard InChI is InChI=1S/C21H26F3N3O3.HI/c1-4-25-20(27-17-8-9-18(28-2)19(11-17)29-3)26-12-15-6-5-7-16(10-15)13-30-14-21(22,23)24;/h5-11H,4,12-14H2,1-3H3,(H2,25,26,27);1H. The molecule has 0 aromatic heterocycles. The Balaban J connectivity index is 0.00000480. The lowest BCUT2D eigenvalue weighted by atomic mass is 10.1. The lowest BCUT2D eigenvalue weighted by molar-refractivity contribution is -0.176. The summed E-state index contributed by atoms with van der Waals surface area (Å²) in [7, 11) is 3.13. The third kappa shape index (κ3) is 9.64. The number of ether oxygens (including phenoxy) is 3. The van der Waals surface area contributed by atoms with Crippen molar-refractivity contribution in [3.8, 4) is 11.5 Å². The van der Waals surface area contributed by atoms with Gasteiger partial charge in [-0.2, -0.15) is 13.2 Å². The van der Waals surface area contributed by atoms with Crippen molar-refractivity contribution in [2.75, 3.05) is 32.7 Å². The maximum absolute atomic E-state index is 12.2. The first-order valence-electron chi connectivity index (χ1n) is 9.34. The molecule has 0 saturated heterocycles. The van der Waals surface area contributed by atoms with E-state index in [1.807, 2.05) is 19.1 Å². The minimum absolute atomic E-state index is 0. The van der Waals surface area contributed by atoms with Crippen molar-refractivity contribution in [3.05, 3.63) is 53.6 Å². The minimum atomic E-state index is -4.33. The number of benzene rings is 2. The van der Waals surface area contributed by atoms with Gasteiger partial charge in [-0.1, -0.05) is 24.3 Å². The first-order valence-corrected chi connectivity index (χ1v) is 9.34. The van der Waals surface area contributed by atoms with Crippen LogP contribution >= 0.6 is 24.0 Å². The zero-order valence-electron chi connectivity index (χ0n) is 17.6. The highest BCUT2D eigenvalue weighted by Crippen LogP contribution is 2.29. The molecule has 2 aromatic rings. The Morgan fingerprint density at radius 1 is 1.00 bits per heavy atom. The van der Waals surface area contributed by atoms with E-state index < -0.39 is 12.8 Å². The molecule has 0 heterocycles. The Morgan fingerprint density at radius 2 is 1.71 bits per heavy atom. The van der Waals surface area contributed by atoms with Gasteiger partial charge in [0.15, 0.2) is 17.5 Å². The topological polar surface area (TPSA) is 64.1 Å². The second-order valence-corrected chi connectivity index (χ2v) is 6.32. The summed E-state index contributed by atoms with van der Waals surface area (Å²) < 4.78 is 51.9. The number of alkyl halides is 3. The lowest BCUT2D eigenvalue weighted by Gasteiger charge is -2.14. The molecule has 0 amide bonds. The van der Waals surface area contributed by atoms with Crippen LogP contribution < -0.4 is 20.1 Å². The van der Waals surface area contributed by atoms with Crippen molar-refractivity contribution in [2.24, 2.45) is 4.99 Å². The summed E-state index contributed by atoms with van der Waals surface area (Å²) in [6, 6.07) is 12.5. The first-order chi connectivity index (χ1) is 14.3. The van der Waals surface area contributed by atoms with Crippen LogP contribution in [0, 0.1) is 0 Å². The molecule has 0 unspecified atom stereocenters. The average molecular weight is 553 g/mol. The van der Waals surface area contributed by atoms with E-state index in [4.69, 9.17) is 14.2 Å². The number of rotatable bonds is 9. The number of methoxy groups -OCH3 is 2. The predicted octanol–water partition coefficient (Wildman–Crippen LogP) is 4.98. The quantitative estimate of drug-likeness (QED) is 0.261. The summed E-state index contributed by atoms with van der Waals surface area (Å²) in [5.74, 6) is 1.77. The zero-order chi connectivity index (χ0) is 22.0. The van der Waals surface area contributed by atoms with Crippen LogP contribution in [0.3, 0.4) is 0 Å². The van der Waals surface area contributed by atoms with Gasteiger partial charge < -0.3 is 24.8 Å². The number of hydrogen-bond acceptors (Lipinski definition) is 4. The Bertz CT molecular complexity index is 848. The van der Waals surface area contributed by atoms with E-state index in [1.165, 1.54) is 0 Å². The Hall–Kier alpha value is -2.21. The molecule has 0 radical (unpaired) electrons. The van der Waals surface area contributed by atoms with E-state index in [2.05, 4.69) is 15.6 Å². The minimum Gasteiger partial charge on any atom is -0.493 e. The fraction of sp³-hybridized carbons (Fsp3) is 0.381. The molecule has 172 valence electrons. The molecule has 2 aromatic carbocycles. The molecular formula is C21H27F3IN3O3. The third-order valence-electron chi connectivity index (χ3n) is 3.94. The van der Waals surface area contributed by atoms with Crippen LogP contribution in [0.25, 0.3) is 0 Å². The number of guanidine groups is 1. The zero-order valence-corrected chi connectivity index (χ0v) is 19.9. The van der Waals surface area contributed by atoms with Gasteiger partial charge in [-0.05, 0) is 30.2 Å². The lowest BCUT2D eigenvalue weighted by Crippen LogP contribution is -2.30. The van der Waals surface area contributed by atoms with Gasteiger partial charge >= 0.3 is 6.18 Å². The summed E-state index contributed by atoms with van der Waals surface area (Å²) in [5.41, 5.74) is 2.28. The van der Waals surface area contributed by atoms with Gasteiger partial charge in [0.05, 0.1) is 27.4 Å². The molecule has 0 aliphatic rings. The number of anilines is 1. The second-order valence-electron chi connectivity index (χ2n) is 6.32. The molecule has 2 rings (SSSR count). The highest BCUT2D eigenvalue weighted by atomic mass is 127. The molecule has 0 aliphatic carbocycles. The van der Waals surface area contributed by atoms with E-state index in [9.17, 15) is 13.2 Å². The van der Waals surface area contributed by atoms with Gasteiger partial charge in [-0.3, -0.25) is 0 Å². The molecule has 6 nitrogen and oxygen atoms in total. The van der Waals surface area contributed by atoms with Gasteiger partial charge in [-0.25, -0.2) is 4.99 Å². The van der Waals surface area contributed by atoms with E-state index >= 15 is 0 Å². The van der Waals surface area contributed by atoms with Crippen molar-refractivity contribution in [2.45, 2.75) is 26.3 Å². The number of nitrogens with one attached hydrogen (secondary N) is 2. The molecule has 0 atom stereocenters. The maximum atomic E-state index is 12.2. The van der Waals surface area contributed by atoms with E-state index in [1.54, 1.807) is 44.6 Å². The monoisotopic (exact) mass is 553 g/mol. The highest BCUT2D eigenvalue weighted by molar-refractivity contribution is 14.0. The molecule has 0 saturated carbocycles. The molecule has 10 heteroatoms. The Morgan fingerprint density at radius 3 is 2.35 bits per heavy atom. The summed E-state index contributed by atoms with van der Waals surface area (Å²) in [5, 5.41) is 6.35. The molecule has 0 spiro atoms. The van der Waals surface area contributed by atoms with Crippen LogP contribution in [0.5, 0.6) is 11.5 Å². The number of hydrogen-bond donors (Lipinski definition) is 2. The molecular weight excluding hydrogens is 526 g/mol. The van der Waals surface area contributed by atoms with Crippen LogP contribution in [0.1, 0.15) is 18.1 Å². The molecule has 0 fully saturated rings. The van der Waals surface area contributed by atoms with Crippen molar-refractivity contribution in [3.63, 3.8) is 0 Å². The van der Waals surface area contributed by atoms with Crippen LogP contribution in [-0.4, -0.2) is 39.5 Å². The second kappa shape index (κ2) is 13.3. The van der Waals surface area contributed by atoms with Crippen LogP contribution in [0.15, 0.2) is 47.5 Å². The average Bonchev–Trinajstić information content (AvgIpc) is 2.71. The van der Waals surface area contributed by atoms with E-state index in [-0.39, 0.29) is 30.6 Å². The van der Waals surface area contributed by atoms with Crippen LogP contribution in [0.2, 0.25) is 0 Å². The predicted molar refractivity (Wildman–Crippen MR) is 126 cm³/mol. The first kappa shape index (κ1) is 26.8. The maximum Gasteiger partial charge on any atom is 0.411 e. The molecule has 0 bridgehead atoms. The van der Waals surface area contributed by atoms with Gasteiger partial charge in [0.2, 0.25) is 0 Å². The summed E-state index contributed by atoms with van der Waals surface area (Å²) in [4.78, 5) is 4.54. The van der Waals surface area contributed by atoms with Crippen molar-refractivity contribution in [1.29, 1.82) is 0 Å². The Kier molecular flexibility index (Phi) is 11.5. The van der Waals surface area contributed by atoms with Gasteiger partial charge in [0.25, 0.3) is 0 Å². The van der Waals surface area contributed by atoms with Crippen molar-refractivity contribution < 1.29 is 27.4 Å². The van der Waals surface area contributed by atoms with Crippen LogP contribution in [-0.2, 0) is 17.9 Å². The number of nitrogens with zero attached hydrogens (tertiary/aromatic N) is 1. The van der Waals surface area contributed by atoms with E-state index in [0.29, 0.717) is 36.1 Å². The SMILES string of the molecule is CCNC(=NCc1cccc(COCC(F)(F)F)c1)Nc1ccc(OC)c(OC)c1.I. The normalized spacial score (nSPS) is 11.5. The molecule has 0 aliphatic heterocycles. The van der Waals surface area contributed by atoms with Crippen molar-refractivity contribution in [1.82, 2.24) is 5.32 Å². The summed E-state index contributed by atoms with van der Waals surface area (Å²) in [6.45, 7) is 1.57. The Labute approximate surface area is 197 Å². The van der Waals surface area contributed by atoms with Crippen molar-refractivity contribution >= 4 is 35.6 Å². The number of halogens is 4. The van der Waals surface area contributed by atoms with Gasteiger partial charge in [0, 0.05) is 18.3 Å². The summed E-state index contributed by atoms with van der Waals surface area (Å²) >= 11 is 0. The largest absolute Gasteiger partial charge is 0.493 e. The summed E-state index contributed by atoms with van der Waals surface area (Å²) in [6.07, 6.45) is -4.33. The highest BCUT2D eigenvalue weighted by Gasteiger charge is 2.27. The molecule has 31 heavy (non-hydrogen) atoms.